The number of unbranched alkanes of at least 4 members (excludes halogenated alkanes) is 2. The van der Waals surface area contributed by atoms with E-state index in [1.165, 1.54) is 44.6 Å². The summed E-state index contributed by atoms with van der Waals surface area (Å²) in [4.78, 5) is 0. The Kier molecular flexibility index (Phi) is 9.91. The Morgan fingerprint density at radius 3 is 2.03 bits per heavy atom. The summed E-state index contributed by atoms with van der Waals surface area (Å²) < 4.78 is 104. The zero-order valence-corrected chi connectivity index (χ0v) is 20.2. The highest BCUT2D eigenvalue weighted by Crippen LogP contribution is 2.37. The molecule has 1 aliphatic rings. The summed E-state index contributed by atoms with van der Waals surface area (Å²) in [5, 5.41) is 0. The first-order valence-corrected chi connectivity index (χ1v) is 12.4. The van der Waals surface area contributed by atoms with Crippen LogP contribution in [0.4, 0.5) is 30.7 Å². The van der Waals surface area contributed by atoms with Gasteiger partial charge in [0.15, 0.2) is 17.4 Å². The van der Waals surface area contributed by atoms with E-state index in [9.17, 15) is 30.7 Å². The number of rotatable bonds is 12. The topological polar surface area (TPSA) is 18.5 Å². The summed E-state index contributed by atoms with van der Waals surface area (Å²) in [6.07, 6.45) is 6.80. The molecular weight excluding hydrogens is 489 g/mol. The molecule has 3 rings (SSSR count). The van der Waals surface area contributed by atoms with Crippen LogP contribution in [0.25, 0.3) is 0 Å². The van der Waals surface area contributed by atoms with E-state index < -0.39 is 47.2 Å². The summed E-state index contributed by atoms with van der Waals surface area (Å²) in [5.41, 5.74) is -0.532. The highest BCUT2D eigenvalue weighted by atomic mass is 19.3. The highest BCUT2D eigenvalue weighted by molar-refractivity contribution is 5.36. The highest BCUT2D eigenvalue weighted by Gasteiger charge is 2.38. The molecular formula is C27H31F7O2. The molecule has 0 atom stereocenters. The van der Waals surface area contributed by atoms with Gasteiger partial charge in [-0.3, -0.25) is 0 Å². The second-order valence-corrected chi connectivity index (χ2v) is 9.45. The third-order valence-corrected chi connectivity index (χ3v) is 6.80. The van der Waals surface area contributed by atoms with Crippen molar-refractivity contribution in [3.8, 4) is 11.5 Å². The normalized spacial score (nSPS) is 18.5. The molecule has 0 amide bonds. The van der Waals surface area contributed by atoms with Gasteiger partial charge in [-0.2, -0.15) is 17.6 Å². The molecule has 0 heterocycles. The maximum Gasteiger partial charge on any atom is 0.429 e. The monoisotopic (exact) mass is 520 g/mol. The average molecular weight is 521 g/mol. The van der Waals surface area contributed by atoms with Gasteiger partial charge in [-0.25, -0.2) is 13.2 Å². The van der Waals surface area contributed by atoms with Gasteiger partial charge in [0.05, 0.1) is 5.56 Å². The van der Waals surface area contributed by atoms with E-state index >= 15 is 0 Å². The first-order chi connectivity index (χ1) is 17.1. The SMILES string of the molecule is CCCCC[C@H]1CC[C@H](CCc2ccc(C(F)(F)Oc3cc(F)c(OC(F)F)c(F)c3)c(F)c2)CC1. The summed E-state index contributed by atoms with van der Waals surface area (Å²) >= 11 is 0. The van der Waals surface area contributed by atoms with Gasteiger partial charge in [-0.15, -0.1) is 0 Å². The second kappa shape index (κ2) is 12.7. The van der Waals surface area contributed by atoms with E-state index in [4.69, 9.17) is 0 Å². The Labute approximate surface area is 206 Å². The predicted octanol–water partition coefficient (Wildman–Crippen LogP) is 9.15. The van der Waals surface area contributed by atoms with E-state index in [1.807, 2.05) is 0 Å². The fourth-order valence-electron chi connectivity index (χ4n) is 4.81. The van der Waals surface area contributed by atoms with Crippen molar-refractivity contribution in [2.75, 3.05) is 0 Å². The first-order valence-electron chi connectivity index (χ1n) is 12.4. The number of hydrogen-bond acceptors (Lipinski definition) is 2. The molecule has 0 spiro atoms. The quantitative estimate of drug-likeness (QED) is 0.205. The number of benzene rings is 2. The molecule has 2 aromatic carbocycles. The van der Waals surface area contributed by atoms with Crippen molar-refractivity contribution >= 4 is 0 Å². The summed E-state index contributed by atoms with van der Waals surface area (Å²) in [5.74, 6) is -5.66. The minimum Gasteiger partial charge on any atom is -0.429 e. The van der Waals surface area contributed by atoms with Gasteiger partial charge in [0, 0.05) is 12.1 Å². The molecule has 0 radical (unpaired) electrons. The lowest BCUT2D eigenvalue weighted by Gasteiger charge is -2.28. The molecule has 0 aromatic heterocycles. The van der Waals surface area contributed by atoms with Gasteiger partial charge in [0.25, 0.3) is 0 Å². The molecule has 0 aliphatic heterocycles. The number of hydrogen-bond donors (Lipinski definition) is 0. The molecule has 1 fully saturated rings. The van der Waals surface area contributed by atoms with Gasteiger partial charge in [0.2, 0.25) is 0 Å². The van der Waals surface area contributed by atoms with Gasteiger partial charge in [0.1, 0.15) is 11.6 Å². The Morgan fingerprint density at radius 1 is 0.861 bits per heavy atom. The van der Waals surface area contributed by atoms with Crippen LogP contribution in [0.3, 0.4) is 0 Å². The maximum atomic E-state index is 14.6. The molecule has 0 bridgehead atoms. The molecule has 200 valence electrons. The maximum absolute atomic E-state index is 14.6. The number of ether oxygens (including phenoxy) is 2. The van der Waals surface area contributed by atoms with Crippen molar-refractivity contribution < 1.29 is 40.2 Å². The summed E-state index contributed by atoms with van der Waals surface area (Å²) in [6.45, 7) is -1.32. The van der Waals surface area contributed by atoms with Crippen LogP contribution in [0.15, 0.2) is 30.3 Å². The molecule has 36 heavy (non-hydrogen) atoms. The van der Waals surface area contributed by atoms with E-state index in [2.05, 4.69) is 16.4 Å². The fraction of sp³-hybridized carbons (Fsp3) is 0.556. The number of halogens is 7. The lowest BCUT2D eigenvalue weighted by atomic mass is 9.78. The van der Waals surface area contributed by atoms with Crippen LogP contribution < -0.4 is 9.47 Å². The van der Waals surface area contributed by atoms with E-state index in [0.29, 0.717) is 17.9 Å². The van der Waals surface area contributed by atoms with Crippen molar-refractivity contribution in [1.82, 2.24) is 0 Å². The lowest BCUT2D eigenvalue weighted by Crippen LogP contribution is -2.24. The largest absolute Gasteiger partial charge is 0.429 e. The molecule has 1 aliphatic carbocycles. The van der Waals surface area contributed by atoms with Crippen molar-refractivity contribution in [2.24, 2.45) is 11.8 Å². The van der Waals surface area contributed by atoms with Crippen LogP contribution >= 0.6 is 0 Å². The molecule has 0 N–H and O–H groups in total. The van der Waals surface area contributed by atoms with Crippen LogP contribution in [0.1, 0.15) is 75.8 Å². The smallest absolute Gasteiger partial charge is 0.429 e. The van der Waals surface area contributed by atoms with Crippen molar-refractivity contribution in [2.45, 2.75) is 83.9 Å². The van der Waals surface area contributed by atoms with E-state index in [0.717, 1.165) is 37.3 Å². The molecule has 2 nitrogen and oxygen atoms in total. The van der Waals surface area contributed by atoms with Crippen LogP contribution in [0.5, 0.6) is 11.5 Å². The Bertz CT molecular complexity index is 965. The van der Waals surface area contributed by atoms with Crippen LogP contribution in [-0.4, -0.2) is 6.61 Å². The third kappa shape index (κ3) is 7.77. The molecule has 0 unspecified atom stereocenters. The molecule has 1 saturated carbocycles. The van der Waals surface area contributed by atoms with Crippen molar-refractivity contribution in [3.05, 3.63) is 58.9 Å². The van der Waals surface area contributed by atoms with E-state index in [1.54, 1.807) is 0 Å². The summed E-state index contributed by atoms with van der Waals surface area (Å²) in [6, 6.07) is 3.81. The number of aryl methyl sites for hydroxylation is 1. The fourth-order valence-corrected chi connectivity index (χ4v) is 4.81. The zero-order valence-electron chi connectivity index (χ0n) is 20.2. The predicted molar refractivity (Wildman–Crippen MR) is 122 cm³/mol. The van der Waals surface area contributed by atoms with Crippen LogP contribution in [-0.2, 0) is 12.5 Å². The van der Waals surface area contributed by atoms with E-state index in [-0.39, 0.29) is 12.1 Å². The lowest BCUT2D eigenvalue weighted by molar-refractivity contribution is -0.187. The Hall–Kier alpha value is -2.45. The summed E-state index contributed by atoms with van der Waals surface area (Å²) in [7, 11) is 0. The van der Waals surface area contributed by atoms with Crippen LogP contribution in [0, 0.1) is 29.3 Å². The van der Waals surface area contributed by atoms with Crippen LogP contribution in [0.2, 0.25) is 0 Å². The zero-order chi connectivity index (χ0) is 26.3. The first kappa shape index (κ1) is 28.1. The molecule has 0 saturated heterocycles. The third-order valence-electron chi connectivity index (χ3n) is 6.80. The van der Waals surface area contributed by atoms with Gasteiger partial charge >= 0.3 is 12.7 Å². The van der Waals surface area contributed by atoms with Gasteiger partial charge < -0.3 is 9.47 Å². The van der Waals surface area contributed by atoms with Crippen molar-refractivity contribution in [3.63, 3.8) is 0 Å². The second-order valence-electron chi connectivity index (χ2n) is 9.45. The molecule has 2 aromatic rings. The Balaban J connectivity index is 1.57. The number of alkyl halides is 4. The Morgan fingerprint density at radius 2 is 1.47 bits per heavy atom. The average Bonchev–Trinajstić information content (AvgIpc) is 2.80. The standard InChI is InChI=1S/C27H31F7O2/c1-2-3-4-5-17-6-8-18(9-7-17)10-11-19-12-13-21(22(28)14-19)27(33,34)36-20-15-23(29)25(24(30)16-20)35-26(31)32/h12-18,26H,2-11H2,1H3/t17-,18-. The van der Waals surface area contributed by atoms with Crippen molar-refractivity contribution in [1.29, 1.82) is 0 Å². The minimum absolute atomic E-state index is 0.263. The van der Waals surface area contributed by atoms with Gasteiger partial charge in [-0.1, -0.05) is 64.4 Å². The minimum atomic E-state index is -4.26. The molecule has 9 heteroatoms. The van der Waals surface area contributed by atoms with Gasteiger partial charge in [-0.05, 0) is 42.4 Å².